The van der Waals surface area contributed by atoms with Gasteiger partial charge in [-0.05, 0) is 61.6 Å². The second-order valence-corrected chi connectivity index (χ2v) is 10.0. The molecule has 0 radical (unpaired) electrons. The van der Waals surface area contributed by atoms with Crippen molar-refractivity contribution >= 4 is 34.6 Å². The van der Waals surface area contributed by atoms with E-state index in [9.17, 15) is 34.5 Å². The Hall–Kier alpha value is -4.46. The number of aromatic hydroxyl groups is 1. The molecule has 1 heterocycles. The van der Waals surface area contributed by atoms with E-state index in [4.69, 9.17) is 11.5 Å². The Balaban J connectivity index is 1.74. The molecule has 42 heavy (non-hydrogen) atoms. The van der Waals surface area contributed by atoms with Crippen molar-refractivity contribution in [1.82, 2.24) is 20.9 Å². The summed E-state index contributed by atoms with van der Waals surface area (Å²) in [6, 6.07) is 8.56. The van der Waals surface area contributed by atoms with Gasteiger partial charge in [-0.15, -0.1) is 0 Å². The number of carboxylic acids is 1. The molecule has 0 aliphatic rings. The van der Waals surface area contributed by atoms with E-state index in [1.54, 1.807) is 18.3 Å². The van der Waals surface area contributed by atoms with E-state index in [1.165, 1.54) is 12.1 Å². The zero-order valence-electron chi connectivity index (χ0n) is 23.1. The highest BCUT2D eigenvalue weighted by molar-refractivity contribution is 5.95. The van der Waals surface area contributed by atoms with Crippen LogP contribution in [-0.2, 0) is 32.0 Å². The Kier molecular flexibility index (Phi) is 11.8. The van der Waals surface area contributed by atoms with E-state index in [2.05, 4.69) is 20.9 Å². The lowest BCUT2D eigenvalue weighted by Gasteiger charge is -2.24. The highest BCUT2D eigenvalue weighted by Crippen LogP contribution is 2.19. The van der Waals surface area contributed by atoms with Crippen molar-refractivity contribution in [3.63, 3.8) is 0 Å². The first-order valence-corrected chi connectivity index (χ1v) is 13.7. The predicted octanol–water partition coefficient (Wildman–Crippen LogP) is -0.354. The number of aromatic nitrogens is 1. The van der Waals surface area contributed by atoms with Crippen LogP contribution in [0.2, 0.25) is 0 Å². The highest BCUT2D eigenvalue weighted by Gasteiger charge is 2.30. The first-order valence-electron chi connectivity index (χ1n) is 13.7. The van der Waals surface area contributed by atoms with E-state index < -0.39 is 54.5 Å². The number of unbranched alkanes of at least 4 members (excludes halogenated alkanes) is 1. The molecular weight excluding hydrogens is 544 g/mol. The molecule has 4 atom stereocenters. The van der Waals surface area contributed by atoms with Crippen LogP contribution < -0.4 is 27.4 Å². The molecule has 1 aromatic heterocycles. The van der Waals surface area contributed by atoms with Gasteiger partial charge in [0.15, 0.2) is 0 Å². The van der Waals surface area contributed by atoms with Crippen LogP contribution in [0.4, 0.5) is 0 Å². The molecule has 3 rings (SSSR count). The molecule has 4 unspecified atom stereocenters. The van der Waals surface area contributed by atoms with Crippen molar-refractivity contribution in [2.75, 3.05) is 13.2 Å². The number of H-pyrrole nitrogens is 1. The number of para-hydroxylation sites is 1. The van der Waals surface area contributed by atoms with Gasteiger partial charge in [-0.25, -0.2) is 4.79 Å². The van der Waals surface area contributed by atoms with Gasteiger partial charge in [0.25, 0.3) is 0 Å². The highest BCUT2D eigenvalue weighted by atomic mass is 16.4. The number of carboxylic acid groups (broad SMARTS) is 1. The van der Waals surface area contributed by atoms with Crippen LogP contribution in [0.1, 0.15) is 30.4 Å². The fraction of sp³-hybridized carbons (Fsp3) is 0.379. The fourth-order valence-electron chi connectivity index (χ4n) is 4.48. The number of phenolic OH excluding ortho intramolecular Hbond substituents is 1. The summed E-state index contributed by atoms with van der Waals surface area (Å²) in [6.07, 6.45) is 3.03. The van der Waals surface area contributed by atoms with Crippen LogP contribution >= 0.6 is 0 Å². The van der Waals surface area contributed by atoms with Crippen molar-refractivity contribution in [3.05, 3.63) is 65.9 Å². The summed E-state index contributed by atoms with van der Waals surface area (Å²) in [7, 11) is 0. The average molecular weight is 583 g/mol. The van der Waals surface area contributed by atoms with Crippen molar-refractivity contribution in [3.8, 4) is 5.75 Å². The molecule has 13 nitrogen and oxygen atoms in total. The lowest BCUT2D eigenvalue weighted by molar-refractivity contribution is -0.142. The Morgan fingerprint density at radius 1 is 0.833 bits per heavy atom. The van der Waals surface area contributed by atoms with Gasteiger partial charge in [0.1, 0.15) is 23.9 Å². The number of amides is 3. The summed E-state index contributed by atoms with van der Waals surface area (Å²) in [5.41, 5.74) is 13.7. The van der Waals surface area contributed by atoms with Gasteiger partial charge >= 0.3 is 5.97 Å². The number of nitrogens with one attached hydrogen (secondary N) is 4. The normalized spacial score (nSPS) is 14.0. The van der Waals surface area contributed by atoms with E-state index in [0.717, 1.165) is 10.9 Å². The molecule has 13 heteroatoms. The molecule has 0 saturated heterocycles. The number of rotatable bonds is 16. The lowest BCUT2D eigenvalue weighted by Crippen LogP contribution is -2.58. The summed E-state index contributed by atoms with van der Waals surface area (Å²) in [6.45, 7) is -0.395. The van der Waals surface area contributed by atoms with Gasteiger partial charge in [-0.2, -0.15) is 0 Å². The maximum absolute atomic E-state index is 13.3. The number of carbonyl (C=O) groups excluding carboxylic acids is 3. The Morgan fingerprint density at radius 3 is 2.14 bits per heavy atom. The third-order valence-corrected chi connectivity index (χ3v) is 6.84. The molecule has 3 amide bonds. The molecule has 2 aromatic carbocycles. The van der Waals surface area contributed by atoms with Crippen molar-refractivity contribution in [2.24, 2.45) is 11.5 Å². The quantitative estimate of drug-likeness (QED) is 0.100. The minimum Gasteiger partial charge on any atom is -0.508 e. The molecule has 0 fully saturated rings. The number of aliphatic hydroxyl groups is 1. The number of aliphatic carboxylic acids is 1. The van der Waals surface area contributed by atoms with E-state index in [1.807, 2.05) is 24.3 Å². The first kappa shape index (κ1) is 32.1. The summed E-state index contributed by atoms with van der Waals surface area (Å²) in [4.78, 5) is 54.2. The number of benzene rings is 2. The van der Waals surface area contributed by atoms with Crippen molar-refractivity contribution in [1.29, 1.82) is 0 Å². The molecule has 0 bridgehead atoms. The predicted molar refractivity (Wildman–Crippen MR) is 155 cm³/mol. The molecule has 0 saturated carbocycles. The lowest BCUT2D eigenvalue weighted by atomic mass is 10.0. The fourth-order valence-corrected chi connectivity index (χ4v) is 4.48. The standard InChI is InChI=1S/C29H38N6O7/c30-12-4-3-7-23(29(41)42)33-27(39)24(14-18-15-32-22-6-2-1-5-20(18)22)34-28(40)25(16-36)35-26(38)21(31)13-17-8-10-19(37)11-9-17/h1-2,5-6,8-11,15,21,23-25,32,36-37H,3-4,7,12-14,16,30-31H2,(H,33,39)(H,34,40)(H,35,38)(H,41,42). The molecule has 3 aromatic rings. The van der Waals surface area contributed by atoms with Crippen LogP contribution in [0.25, 0.3) is 10.9 Å². The van der Waals surface area contributed by atoms with Gasteiger partial charge in [0.2, 0.25) is 17.7 Å². The number of fused-ring (bicyclic) bond motifs is 1. The Bertz CT molecular complexity index is 1360. The first-order chi connectivity index (χ1) is 20.1. The minimum atomic E-state index is -1.43. The molecular formula is C29H38N6O7. The van der Waals surface area contributed by atoms with Crippen LogP contribution in [-0.4, -0.2) is 81.3 Å². The SMILES string of the molecule is NCCCCC(NC(=O)C(Cc1c[nH]c2ccccc12)NC(=O)C(CO)NC(=O)C(N)Cc1ccc(O)cc1)C(=O)O. The second kappa shape index (κ2) is 15.5. The smallest absolute Gasteiger partial charge is 0.326 e. The number of aliphatic hydroxyl groups excluding tert-OH is 1. The van der Waals surface area contributed by atoms with Gasteiger partial charge < -0.3 is 47.7 Å². The van der Waals surface area contributed by atoms with Crippen LogP contribution in [0.5, 0.6) is 5.75 Å². The maximum Gasteiger partial charge on any atom is 0.326 e. The molecule has 0 spiro atoms. The van der Waals surface area contributed by atoms with Crippen LogP contribution in [0.3, 0.4) is 0 Å². The number of carbonyl (C=O) groups is 4. The topological polar surface area (TPSA) is 233 Å². The number of aromatic amines is 1. The minimum absolute atomic E-state index is 0.00316. The monoisotopic (exact) mass is 582 g/mol. The summed E-state index contributed by atoms with van der Waals surface area (Å²) in [5.74, 6) is -3.45. The molecule has 226 valence electrons. The summed E-state index contributed by atoms with van der Waals surface area (Å²) in [5, 5.41) is 37.2. The van der Waals surface area contributed by atoms with E-state index >= 15 is 0 Å². The van der Waals surface area contributed by atoms with E-state index in [0.29, 0.717) is 30.5 Å². The maximum atomic E-state index is 13.3. The zero-order chi connectivity index (χ0) is 30.6. The van der Waals surface area contributed by atoms with Crippen LogP contribution in [0.15, 0.2) is 54.7 Å². The van der Waals surface area contributed by atoms with Crippen molar-refractivity contribution < 1.29 is 34.5 Å². The van der Waals surface area contributed by atoms with Crippen molar-refractivity contribution in [2.45, 2.75) is 56.3 Å². The second-order valence-electron chi connectivity index (χ2n) is 10.0. The van der Waals surface area contributed by atoms with Crippen LogP contribution in [0, 0.1) is 0 Å². The van der Waals surface area contributed by atoms with Gasteiger partial charge in [-0.1, -0.05) is 30.3 Å². The number of phenols is 1. The van der Waals surface area contributed by atoms with Gasteiger partial charge in [-0.3, -0.25) is 14.4 Å². The summed E-state index contributed by atoms with van der Waals surface area (Å²) >= 11 is 0. The molecule has 0 aliphatic heterocycles. The molecule has 11 N–H and O–H groups in total. The number of nitrogens with two attached hydrogens (primary N) is 2. The number of hydrogen-bond donors (Lipinski definition) is 9. The molecule has 0 aliphatic carbocycles. The van der Waals surface area contributed by atoms with Gasteiger partial charge in [0.05, 0.1) is 12.6 Å². The third-order valence-electron chi connectivity index (χ3n) is 6.84. The van der Waals surface area contributed by atoms with Gasteiger partial charge in [0, 0.05) is 23.5 Å². The average Bonchev–Trinajstić information content (AvgIpc) is 3.38. The third kappa shape index (κ3) is 9.03. The van der Waals surface area contributed by atoms with E-state index in [-0.39, 0.29) is 25.0 Å². The zero-order valence-corrected chi connectivity index (χ0v) is 23.1. The summed E-state index contributed by atoms with van der Waals surface area (Å²) < 4.78 is 0. The Morgan fingerprint density at radius 2 is 1.48 bits per heavy atom. The largest absolute Gasteiger partial charge is 0.508 e. The Labute approximate surface area is 242 Å². The number of hydrogen-bond acceptors (Lipinski definition) is 8.